The highest BCUT2D eigenvalue weighted by atomic mass is 19.1. The number of benzene rings is 1. The van der Waals surface area contributed by atoms with Gasteiger partial charge in [-0.2, -0.15) is 10.2 Å². The summed E-state index contributed by atoms with van der Waals surface area (Å²) in [5.74, 6) is 0.169. The highest BCUT2D eigenvalue weighted by Gasteiger charge is 2.25. The van der Waals surface area contributed by atoms with Crippen LogP contribution < -0.4 is 15.4 Å². The van der Waals surface area contributed by atoms with Gasteiger partial charge in [0, 0.05) is 43.5 Å². The molecule has 0 saturated carbocycles. The average molecular weight is 459 g/mol. The zero-order chi connectivity index (χ0) is 23.8. The minimum Gasteiger partial charge on any atom is -0.480 e. The number of methoxy groups -OCH3 is 1. The second-order valence-electron chi connectivity index (χ2n) is 8.17. The van der Waals surface area contributed by atoms with Gasteiger partial charge in [-0.05, 0) is 31.0 Å². The molecule has 1 aliphatic heterocycles. The Balaban J connectivity index is 1.73. The fourth-order valence-corrected chi connectivity index (χ4v) is 4.10. The van der Waals surface area contributed by atoms with Gasteiger partial charge in [0.25, 0.3) is 0 Å². The summed E-state index contributed by atoms with van der Waals surface area (Å²) in [6, 6.07) is 8.22. The van der Waals surface area contributed by atoms with Crippen molar-refractivity contribution in [2.45, 2.75) is 18.9 Å². The maximum absolute atomic E-state index is 14.6. The summed E-state index contributed by atoms with van der Waals surface area (Å²) in [6.45, 7) is 1.41. The number of nitrogens with zero attached hydrogens (tertiary/aromatic N) is 8. The second kappa shape index (κ2) is 8.64. The van der Waals surface area contributed by atoms with E-state index >= 15 is 0 Å². The SMILES string of the molecule is COc1nc(N2CCC(N)CC2)nc(-c2ccc(C#N)c(F)c2)c1-c1cnc2c(c1)nnn2C. The topological polar surface area (TPSA) is 132 Å². The van der Waals surface area contributed by atoms with E-state index in [-0.39, 0.29) is 11.6 Å². The number of aryl methyl sites for hydroxylation is 1. The van der Waals surface area contributed by atoms with E-state index in [1.165, 1.54) is 19.2 Å². The normalized spacial score (nSPS) is 14.4. The van der Waals surface area contributed by atoms with Crippen LogP contribution >= 0.6 is 0 Å². The highest BCUT2D eigenvalue weighted by molar-refractivity contribution is 5.88. The van der Waals surface area contributed by atoms with Crippen molar-refractivity contribution in [3.05, 3.63) is 41.8 Å². The van der Waals surface area contributed by atoms with Crippen LogP contribution in [0.5, 0.6) is 5.88 Å². The first kappa shape index (κ1) is 21.7. The summed E-state index contributed by atoms with van der Waals surface area (Å²) < 4.78 is 21.9. The van der Waals surface area contributed by atoms with Gasteiger partial charge in [-0.3, -0.25) is 0 Å². The van der Waals surface area contributed by atoms with Gasteiger partial charge in [0.05, 0.1) is 23.9 Å². The van der Waals surface area contributed by atoms with Crippen LogP contribution in [0.2, 0.25) is 0 Å². The standard InChI is InChI=1S/C23H22FN9O/c1-32-21-18(30-31-32)10-15(12-27-21)19-20(13-3-4-14(11-25)17(24)9-13)28-23(29-22(19)34-2)33-7-5-16(26)6-8-33/h3-4,9-10,12,16H,5-8,26H2,1-2H3. The van der Waals surface area contributed by atoms with E-state index in [2.05, 4.69) is 20.3 Å². The summed E-state index contributed by atoms with van der Waals surface area (Å²) in [5, 5.41) is 17.3. The Morgan fingerprint density at radius 1 is 1.18 bits per heavy atom. The molecule has 0 unspecified atom stereocenters. The molecule has 0 atom stereocenters. The van der Waals surface area contributed by atoms with Crippen LogP contribution in [0.15, 0.2) is 30.5 Å². The number of fused-ring (bicyclic) bond motifs is 1. The Labute approximate surface area is 194 Å². The Morgan fingerprint density at radius 3 is 2.68 bits per heavy atom. The lowest BCUT2D eigenvalue weighted by molar-refractivity contribution is 0.397. The summed E-state index contributed by atoms with van der Waals surface area (Å²) >= 11 is 0. The van der Waals surface area contributed by atoms with Gasteiger partial charge in [0.15, 0.2) is 5.65 Å². The van der Waals surface area contributed by atoms with Gasteiger partial charge in [-0.15, -0.1) is 5.10 Å². The zero-order valence-electron chi connectivity index (χ0n) is 18.7. The molecule has 4 heterocycles. The number of nitriles is 1. The van der Waals surface area contributed by atoms with Gasteiger partial charge >= 0.3 is 0 Å². The molecule has 0 amide bonds. The monoisotopic (exact) mass is 459 g/mol. The smallest absolute Gasteiger partial charge is 0.229 e. The fourth-order valence-electron chi connectivity index (χ4n) is 4.10. The van der Waals surface area contributed by atoms with E-state index in [1.54, 1.807) is 24.0 Å². The first-order valence-electron chi connectivity index (χ1n) is 10.8. The van der Waals surface area contributed by atoms with Crippen molar-refractivity contribution in [3.63, 3.8) is 0 Å². The van der Waals surface area contributed by atoms with Crippen molar-refractivity contribution in [2.24, 2.45) is 12.8 Å². The van der Waals surface area contributed by atoms with E-state index in [0.29, 0.717) is 58.5 Å². The number of aromatic nitrogens is 6. The molecule has 0 bridgehead atoms. The number of piperidine rings is 1. The van der Waals surface area contributed by atoms with Gasteiger partial charge in [-0.25, -0.2) is 19.0 Å². The first-order valence-corrected chi connectivity index (χ1v) is 10.8. The Morgan fingerprint density at radius 2 is 1.97 bits per heavy atom. The van der Waals surface area contributed by atoms with Crippen LogP contribution in [0.1, 0.15) is 18.4 Å². The number of halogens is 1. The molecule has 2 N–H and O–H groups in total. The molecule has 0 aliphatic carbocycles. The first-order chi connectivity index (χ1) is 16.5. The van der Waals surface area contributed by atoms with Crippen LogP contribution in [-0.2, 0) is 7.05 Å². The summed E-state index contributed by atoms with van der Waals surface area (Å²) in [4.78, 5) is 16.0. The Kier molecular flexibility index (Phi) is 5.51. The summed E-state index contributed by atoms with van der Waals surface area (Å²) in [6.07, 6.45) is 3.30. The molecule has 4 aromatic rings. The van der Waals surface area contributed by atoms with Crippen LogP contribution in [-0.4, -0.2) is 56.2 Å². The predicted molar refractivity (Wildman–Crippen MR) is 123 cm³/mol. The molecule has 1 fully saturated rings. The van der Waals surface area contributed by atoms with Gasteiger partial charge in [0.1, 0.15) is 17.4 Å². The molecule has 34 heavy (non-hydrogen) atoms. The van der Waals surface area contributed by atoms with Crippen molar-refractivity contribution in [3.8, 4) is 34.3 Å². The third-order valence-electron chi connectivity index (χ3n) is 5.97. The van der Waals surface area contributed by atoms with Crippen LogP contribution in [0, 0.1) is 17.1 Å². The van der Waals surface area contributed by atoms with Crippen molar-refractivity contribution >= 4 is 17.1 Å². The van der Waals surface area contributed by atoms with Gasteiger partial charge in [0.2, 0.25) is 11.8 Å². The minimum absolute atomic E-state index is 0.0424. The summed E-state index contributed by atoms with van der Waals surface area (Å²) in [5.41, 5.74) is 9.38. The molecule has 0 spiro atoms. The van der Waals surface area contributed by atoms with E-state index in [9.17, 15) is 4.39 Å². The summed E-state index contributed by atoms with van der Waals surface area (Å²) in [7, 11) is 3.29. The van der Waals surface area contributed by atoms with Gasteiger partial charge in [-0.1, -0.05) is 11.3 Å². The van der Waals surface area contributed by atoms with E-state index in [4.69, 9.17) is 20.7 Å². The van der Waals surface area contributed by atoms with Crippen LogP contribution in [0.3, 0.4) is 0 Å². The molecule has 3 aromatic heterocycles. The third-order valence-corrected chi connectivity index (χ3v) is 5.97. The van der Waals surface area contributed by atoms with E-state index in [1.807, 2.05) is 17.0 Å². The van der Waals surface area contributed by atoms with Crippen molar-refractivity contribution in [1.82, 2.24) is 29.9 Å². The van der Waals surface area contributed by atoms with E-state index < -0.39 is 5.82 Å². The fraction of sp³-hybridized carbons (Fsp3) is 0.304. The van der Waals surface area contributed by atoms with Crippen molar-refractivity contribution < 1.29 is 9.13 Å². The molecular weight excluding hydrogens is 437 g/mol. The maximum Gasteiger partial charge on any atom is 0.229 e. The number of nitrogens with two attached hydrogens (primary N) is 1. The number of ether oxygens (including phenoxy) is 1. The van der Waals surface area contributed by atoms with Gasteiger partial charge < -0.3 is 15.4 Å². The number of hydrogen-bond acceptors (Lipinski definition) is 9. The largest absolute Gasteiger partial charge is 0.480 e. The number of rotatable bonds is 4. The highest BCUT2D eigenvalue weighted by Crippen LogP contribution is 2.39. The lowest BCUT2D eigenvalue weighted by atomic mass is 10.00. The molecule has 5 rings (SSSR count). The predicted octanol–water partition coefficient (Wildman–Crippen LogP) is 2.43. The second-order valence-corrected chi connectivity index (χ2v) is 8.17. The maximum atomic E-state index is 14.6. The Bertz CT molecular complexity index is 1420. The minimum atomic E-state index is -0.628. The number of hydrogen-bond donors (Lipinski definition) is 1. The van der Waals surface area contributed by atoms with Crippen LogP contribution in [0.25, 0.3) is 33.5 Å². The quantitative estimate of drug-likeness (QED) is 0.489. The average Bonchev–Trinajstić information content (AvgIpc) is 3.23. The molecule has 10 nitrogen and oxygen atoms in total. The third kappa shape index (κ3) is 3.78. The molecule has 172 valence electrons. The molecule has 1 aliphatic rings. The lowest BCUT2D eigenvalue weighted by Gasteiger charge is -2.31. The zero-order valence-corrected chi connectivity index (χ0v) is 18.7. The van der Waals surface area contributed by atoms with Crippen molar-refractivity contribution in [1.29, 1.82) is 5.26 Å². The number of anilines is 1. The molecule has 0 radical (unpaired) electrons. The van der Waals surface area contributed by atoms with Crippen molar-refractivity contribution in [2.75, 3.05) is 25.1 Å². The molecule has 1 saturated heterocycles. The molecule has 1 aromatic carbocycles. The molecular formula is C23H22FN9O. The lowest BCUT2D eigenvalue weighted by Crippen LogP contribution is -2.40. The van der Waals surface area contributed by atoms with E-state index in [0.717, 1.165) is 12.8 Å². The molecule has 11 heteroatoms. The Hall–Kier alpha value is -4.17. The number of pyridine rings is 1. The van der Waals surface area contributed by atoms with Crippen LogP contribution in [0.4, 0.5) is 10.3 Å².